The van der Waals surface area contributed by atoms with Crippen molar-refractivity contribution in [1.29, 1.82) is 0 Å². The smallest absolute Gasteiger partial charge is 0.0827 e. The Hall–Kier alpha value is -1.13. The molecule has 1 aromatic heterocycles. The Labute approximate surface area is 127 Å². The van der Waals surface area contributed by atoms with Crippen molar-refractivity contribution in [3.8, 4) is 0 Å². The zero-order valence-corrected chi connectivity index (χ0v) is 13.4. The summed E-state index contributed by atoms with van der Waals surface area (Å²) < 4.78 is 3.05. The minimum Gasteiger partial charge on any atom is -0.388 e. The van der Waals surface area contributed by atoms with Crippen LogP contribution in [0.1, 0.15) is 35.5 Å². The maximum absolute atomic E-state index is 10.5. The lowest BCUT2D eigenvalue weighted by Crippen LogP contribution is -2.13. The van der Waals surface area contributed by atoms with Gasteiger partial charge in [0.25, 0.3) is 0 Å². The third-order valence-electron chi connectivity index (χ3n) is 4.26. The van der Waals surface area contributed by atoms with Gasteiger partial charge < -0.3 is 5.11 Å². The highest BCUT2D eigenvalue weighted by Crippen LogP contribution is 2.38. The Kier molecular flexibility index (Phi) is 3.69. The van der Waals surface area contributed by atoms with Gasteiger partial charge in [-0.15, -0.1) is 0 Å². The Morgan fingerprint density at radius 2 is 2.15 bits per heavy atom. The zero-order valence-electron chi connectivity index (χ0n) is 11.8. The zero-order chi connectivity index (χ0) is 14.3. The van der Waals surface area contributed by atoms with Crippen LogP contribution in [0, 0.1) is 5.92 Å². The lowest BCUT2D eigenvalue weighted by atomic mass is 9.97. The van der Waals surface area contributed by atoms with E-state index in [9.17, 15) is 5.11 Å². The Bertz CT molecular complexity index is 635. The van der Waals surface area contributed by atoms with E-state index in [0.29, 0.717) is 0 Å². The molecule has 0 spiro atoms. The number of aliphatic hydroxyl groups is 1. The van der Waals surface area contributed by atoms with Gasteiger partial charge in [0.2, 0.25) is 0 Å². The lowest BCUT2D eigenvalue weighted by Gasteiger charge is -2.15. The molecule has 2 unspecified atom stereocenters. The first-order chi connectivity index (χ1) is 9.61. The van der Waals surface area contributed by atoms with E-state index in [-0.39, 0.29) is 12.0 Å². The van der Waals surface area contributed by atoms with Gasteiger partial charge >= 0.3 is 0 Å². The van der Waals surface area contributed by atoms with E-state index in [1.807, 2.05) is 29.9 Å². The largest absolute Gasteiger partial charge is 0.388 e. The van der Waals surface area contributed by atoms with Gasteiger partial charge in [-0.05, 0) is 52.2 Å². The van der Waals surface area contributed by atoms with Gasteiger partial charge in [0.05, 0.1) is 22.0 Å². The molecule has 1 N–H and O–H groups in total. The predicted molar refractivity (Wildman–Crippen MR) is 82.6 cm³/mol. The van der Waals surface area contributed by atoms with Crippen LogP contribution in [-0.4, -0.2) is 14.9 Å². The molecule has 0 saturated heterocycles. The third kappa shape index (κ3) is 2.21. The Morgan fingerprint density at radius 3 is 2.80 bits per heavy atom. The summed E-state index contributed by atoms with van der Waals surface area (Å²) >= 11 is 3.66. The standard InChI is InChI=1S/C16H19BrN2O/c1-3-13-15(17)14(19(2)18-13)9-11-8-10-6-4-5-7-12(10)16(11)20/h4-7,11,16,20H,3,8-9H2,1-2H3. The number of aromatic nitrogens is 2. The van der Waals surface area contributed by atoms with Gasteiger partial charge in [-0.1, -0.05) is 31.2 Å². The van der Waals surface area contributed by atoms with Gasteiger partial charge in [-0.3, -0.25) is 4.68 Å². The topological polar surface area (TPSA) is 38.0 Å². The summed E-state index contributed by atoms with van der Waals surface area (Å²) in [6.07, 6.45) is 2.34. The Morgan fingerprint density at radius 1 is 1.40 bits per heavy atom. The van der Waals surface area contributed by atoms with Crippen LogP contribution in [0.3, 0.4) is 0 Å². The lowest BCUT2D eigenvalue weighted by molar-refractivity contribution is 0.122. The van der Waals surface area contributed by atoms with Crippen molar-refractivity contribution in [2.75, 3.05) is 0 Å². The van der Waals surface area contributed by atoms with Crippen molar-refractivity contribution in [2.24, 2.45) is 13.0 Å². The van der Waals surface area contributed by atoms with Crippen molar-refractivity contribution in [3.05, 3.63) is 51.3 Å². The number of hydrogen-bond acceptors (Lipinski definition) is 2. The van der Waals surface area contributed by atoms with Crippen LogP contribution in [0.2, 0.25) is 0 Å². The monoisotopic (exact) mass is 334 g/mol. The van der Waals surface area contributed by atoms with Crippen LogP contribution in [0.5, 0.6) is 0 Å². The molecule has 2 aromatic rings. The molecule has 1 aromatic carbocycles. The molecule has 2 atom stereocenters. The maximum Gasteiger partial charge on any atom is 0.0827 e. The highest BCUT2D eigenvalue weighted by molar-refractivity contribution is 9.10. The highest BCUT2D eigenvalue weighted by Gasteiger charge is 2.32. The fourth-order valence-electron chi connectivity index (χ4n) is 3.13. The average Bonchev–Trinajstić information content (AvgIpc) is 2.91. The van der Waals surface area contributed by atoms with E-state index in [0.717, 1.165) is 35.0 Å². The summed E-state index contributed by atoms with van der Waals surface area (Å²) in [5.74, 6) is 0.240. The van der Waals surface area contributed by atoms with E-state index < -0.39 is 0 Å². The number of hydrogen-bond donors (Lipinski definition) is 1. The molecule has 20 heavy (non-hydrogen) atoms. The minimum atomic E-state index is -0.363. The molecule has 3 nitrogen and oxygen atoms in total. The van der Waals surface area contributed by atoms with Gasteiger partial charge in [0.1, 0.15) is 0 Å². The van der Waals surface area contributed by atoms with Gasteiger partial charge in [0, 0.05) is 7.05 Å². The molecule has 0 saturated carbocycles. The molecule has 3 rings (SSSR count). The van der Waals surface area contributed by atoms with E-state index in [2.05, 4.69) is 34.0 Å². The van der Waals surface area contributed by atoms with Gasteiger partial charge in [0.15, 0.2) is 0 Å². The van der Waals surface area contributed by atoms with E-state index in [4.69, 9.17) is 0 Å². The normalized spacial score (nSPS) is 21.2. The summed E-state index contributed by atoms with van der Waals surface area (Å²) in [6, 6.07) is 8.20. The first-order valence-corrected chi connectivity index (χ1v) is 7.87. The fraction of sp³-hybridized carbons (Fsp3) is 0.438. The Balaban J connectivity index is 1.86. The van der Waals surface area contributed by atoms with Gasteiger partial charge in [-0.25, -0.2) is 0 Å². The second-order valence-electron chi connectivity index (χ2n) is 5.50. The fourth-order valence-corrected chi connectivity index (χ4v) is 3.91. The number of fused-ring (bicyclic) bond motifs is 1. The number of nitrogens with zero attached hydrogens (tertiary/aromatic N) is 2. The number of halogens is 1. The molecule has 4 heteroatoms. The predicted octanol–water partition coefficient (Wildman–Crippen LogP) is 3.19. The molecular formula is C16H19BrN2O. The number of rotatable bonds is 3. The molecule has 0 fully saturated rings. The SMILES string of the molecule is CCc1nn(C)c(CC2Cc3ccccc3C2O)c1Br. The quantitative estimate of drug-likeness (QED) is 0.935. The summed E-state index contributed by atoms with van der Waals surface area (Å²) in [6.45, 7) is 2.11. The molecule has 0 amide bonds. The van der Waals surface area contributed by atoms with E-state index in [1.54, 1.807) is 0 Å². The highest BCUT2D eigenvalue weighted by atomic mass is 79.9. The summed E-state index contributed by atoms with van der Waals surface area (Å²) in [5, 5.41) is 15.0. The molecule has 0 bridgehead atoms. The molecule has 0 radical (unpaired) electrons. The van der Waals surface area contributed by atoms with E-state index in [1.165, 1.54) is 11.3 Å². The number of benzene rings is 1. The molecule has 106 valence electrons. The number of aryl methyl sites for hydroxylation is 2. The molecular weight excluding hydrogens is 316 g/mol. The van der Waals surface area contributed by atoms with Crippen molar-refractivity contribution >= 4 is 15.9 Å². The van der Waals surface area contributed by atoms with Crippen molar-refractivity contribution in [2.45, 2.75) is 32.3 Å². The van der Waals surface area contributed by atoms with Crippen molar-refractivity contribution < 1.29 is 5.11 Å². The van der Waals surface area contributed by atoms with Crippen LogP contribution >= 0.6 is 15.9 Å². The molecule has 1 aliphatic rings. The summed E-state index contributed by atoms with van der Waals surface area (Å²) in [4.78, 5) is 0. The molecule has 0 aliphatic heterocycles. The van der Waals surface area contributed by atoms with Crippen LogP contribution in [0.15, 0.2) is 28.7 Å². The second kappa shape index (κ2) is 5.34. The van der Waals surface area contributed by atoms with Crippen LogP contribution in [0.4, 0.5) is 0 Å². The molecule has 1 heterocycles. The average molecular weight is 335 g/mol. The maximum atomic E-state index is 10.5. The second-order valence-corrected chi connectivity index (χ2v) is 6.29. The summed E-state index contributed by atoms with van der Waals surface area (Å²) in [7, 11) is 1.98. The number of aliphatic hydroxyl groups excluding tert-OH is 1. The van der Waals surface area contributed by atoms with Gasteiger partial charge in [-0.2, -0.15) is 5.10 Å². The first kappa shape index (κ1) is 13.8. The first-order valence-electron chi connectivity index (χ1n) is 7.08. The summed E-state index contributed by atoms with van der Waals surface area (Å²) in [5.41, 5.74) is 4.64. The van der Waals surface area contributed by atoms with Crippen molar-refractivity contribution in [1.82, 2.24) is 9.78 Å². The molecule has 1 aliphatic carbocycles. The van der Waals surface area contributed by atoms with Crippen LogP contribution in [0.25, 0.3) is 0 Å². The van der Waals surface area contributed by atoms with E-state index >= 15 is 0 Å². The van der Waals surface area contributed by atoms with Crippen LogP contribution < -0.4 is 0 Å². The van der Waals surface area contributed by atoms with Crippen LogP contribution in [-0.2, 0) is 26.3 Å². The minimum absolute atomic E-state index is 0.240. The third-order valence-corrected chi connectivity index (χ3v) is 5.18. The van der Waals surface area contributed by atoms with Crippen molar-refractivity contribution in [3.63, 3.8) is 0 Å².